The monoisotopic (exact) mass is 441 g/mol. The molecule has 160 valence electrons. The summed E-state index contributed by atoms with van der Waals surface area (Å²) in [4.78, 5) is 40.7. The third kappa shape index (κ3) is 5.20. The molecular weight excluding hydrogens is 424 g/mol. The molecule has 1 aliphatic rings. The smallest absolute Gasteiger partial charge is 0.480 e. The summed E-state index contributed by atoms with van der Waals surface area (Å²) in [5.74, 6) is -2.38. The molecule has 0 saturated heterocycles. The second-order valence-electron chi connectivity index (χ2n) is 6.40. The summed E-state index contributed by atoms with van der Waals surface area (Å²) in [6.45, 7) is 0.730. The molecule has 2 N–H and O–H groups in total. The van der Waals surface area contributed by atoms with Gasteiger partial charge in [0.2, 0.25) is 5.91 Å². The number of carboxylic acid groups (broad SMARTS) is 1. The highest BCUT2D eigenvalue weighted by molar-refractivity contribution is 7.07. The zero-order chi connectivity index (χ0) is 21.9. The summed E-state index contributed by atoms with van der Waals surface area (Å²) in [6, 6.07) is 2.33. The highest BCUT2D eigenvalue weighted by atomic mass is 32.1. The fourth-order valence-corrected chi connectivity index (χ4v) is 3.31. The summed E-state index contributed by atoms with van der Waals surface area (Å²) < 4.78 is 35.0. The normalized spacial score (nSPS) is 14.8. The number of aryl methyl sites for hydroxylation is 1. The number of alkyl halides is 2. The van der Waals surface area contributed by atoms with Crippen molar-refractivity contribution in [2.24, 2.45) is 0 Å². The zero-order valence-electron chi connectivity index (χ0n) is 15.6. The summed E-state index contributed by atoms with van der Waals surface area (Å²) in [5.41, 5.74) is 2.66. The van der Waals surface area contributed by atoms with Crippen LogP contribution in [-0.2, 0) is 16.0 Å². The molecule has 0 fully saturated rings. The maximum absolute atomic E-state index is 13.2. The molecule has 30 heavy (non-hydrogen) atoms. The summed E-state index contributed by atoms with van der Waals surface area (Å²) in [7, 11) is 0. The van der Waals surface area contributed by atoms with Crippen molar-refractivity contribution < 1.29 is 37.7 Å². The molecule has 0 bridgehead atoms. The number of aromatic nitrogens is 1. The van der Waals surface area contributed by atoms with E-state index in [0.717, 1.165) is 0 Å². The summed E-state index contributed by atoms with van der Waals surface area (Å²) >= 11 is 1.36. The van der Waals surface area contributed by atoms with E-state index in [9.17, 15) is 23.2 Å². The number of nitrogens with one attached hydrogen (secondary N) is 1. The van der Waals surface area contributed by atoms with Crippen LogP contribution in [0.3, 0.4) is 0 Å². The van der Waals surface area contributed by atoms with Gasteiger partial charge in [-0.25, -0.2) is 9.78 Å². The van der Waals surface area contributed by atoms with Crippen LogP contribution in [0, 0.1) is 0 Å². The van der Waals surface area contributed by atoms with Gasteiger partial charge in [0.1, 0.15) is 6.54 Å². The number of thiazole rings is 1. The van der Waals surface area contributed by atoms with Crippen molar-refractivity contribution >= 4 is 29.2 Å². The number of aliphatic carboxylic acids is 1. The first kappa shape index (κ1) is 21.4. The van der Waals surface area contributed by atoms with Crippen LogP contribution in [-0.4, -0.2) is 45.7 Å². The molecule has 2 aromatic rings. The molecule has 1 aliphatic heterocycles. The van der Waals surface area contributed by atoms with Crippen molar-refractivity contribution in [3.05, 3.63) is 40.3 Å². The largest absolute Gasteiger partial charge is 0.586 e. The van der Waals surface area contributed by atoms with Gasteiger partial charge in [-0.1, -0.05) is 6.07 Å². The van der Waals surface area contributed by atoms with Gasteiger partial charge in [0, 0.05) is 11.8 Å². The molecule has 1 unspecified atom stereocenters. The standard InChI is InChI=1S/C18H17F2N3O6S/c1-10(11-2-4-13-14(6-11)29-18(19,20)28-13)22-17(27)23(7-16(25)26)15(24)5-3-12-8-30-9-21-12/h2,4,6,8-10H,3,5,7H2,1H3,(H,22,27)(H,25,26). The Balaban J connectivity index is 1.66. The zero-order valence-corrected chi connectivity index (χ0v) is 16.4. The van der Waals surface area contributed by atoms with Crippen LogP contribution >= 0.6 is 11.3 Å². The lowest BCUT2D eigenvalue weighted by Crippen LogP contribution is -2.47. The number of benzene rings is 1. The van der Waals surface area contributed by atoms with E-state index in [-0.39, 0.29) is 24.3 Å². The SMILES string of the molecule is CC(NC(=O)N(CC(=O)O)C(=O)CCc1cscn1)c1ccc2c(c1)OC(F)(F)O2. The number of hydrogen-bond acceptors (Lipinski definition) is 7. The Morgan fingerprint density at radius 1 is 1.30 bits per heavy atom. The first-order valence-electron chi connectivity index (χ1n) is 8.74. The Labute approximate surface area is 173 Å². The molecule has 0 aliphatic carbocycles. The van der Waals surface area contributed by atoms with Crippen LogP contribution in [0.25, 0.3) is 0 Å². The Hall–Kier alpha value is -3.28. The Morgan fingerprint density at radius 2 is 2.03 bits per heavy atom. The summed E-state index contributed by atoms with van der Waals surface area (Å²) in [6.07, 6.45) is -3.61. The average Bonchev–Trinajstić information content (AvgIpc) is 3.28. The van der Waals surface area contributed by atoms with E-state index in [1.165, 1.54) is 29.5 Å². The Morgan fingerprint density at radius 3 is 2.70 bits per heavy atom. The quantitative estimate of drug-likeness (QED) is 0.678. The van der Waals surface area contributed by atoms with Crippen molar-refractivity contribution in [1.29, 1.82) is 0 Å². The number of rotatable bonds is 7. The highest BCUT2D eigenvalue weighted by Crippen LogP contribution is 2.42. The molecule has 1 aromatic carbocycles. The first-order chi connectivity index (χ1) is 14.1. The minimum atomic E-state index is -3.77. The van der Waals surface area contributed by atoms with Crippen molar-refractivity contribution in [3.8, 4) is 11.5 Å². The minimum absolute atomic E-state index is 0.0993. The van der Waals surface area contributed by atoms with E-state index in [0.29, 0.717) is 16.2 Å². The van der Waals surface area contributed by atoms with Crippen LogP contribution < -0.4 is 14.8 Å². The maximum Gasteiger partial charge on any atom is 0.586 e. The van der Waals surface area contributed by atoms with Gasteiger partial charge in [0.05, 0.1) is 17.2 Å². The Bertz CT molecular complexity index is 953. The highest BCUT2D eigenvalue weighted by Gasteiger charge is 2.43. The van der Waals surface area contributed by atoms with Gasteiger partial charge in [-0.3, -0.25) is 14.5 Å². The predicted octanol–water partition coefficient (Wildman–Crippen LogP) is 2.78. The van der Waals surface area contributed by atoms with Crippen molar-refractivity contribution in [3.63, 3.8) is 0 Å². The number of carboxylic acids is 1. The number of fused-ring (bicyclic) bond motifs is 1. The predicted molar refractivity (Wildman–Crippen MR) is 99.4 cm³/mol. The maximum atomic E-state index is 13.2. The van der Waals surface area contributed by atoms with E-state index in [4.69, 9.17) is 5.11 Å². The number of imide groups is 1. The number of nitrogens with zero attached hydrogens (tertiary/aromatic N) is 2. The van der Waals surface area contributed by atoms with Gasteiger partial charge in [-0.15, -0.1) is 20.1 Å². The Kier molecular flexibility index (Phi) is 6.15. The molecule has 0 spiro atoms. The third-order valence-corrected chi connectivity index (χ3v) is 4.82. The van der Waals surface area contributed by atoms with Crippen LogP contribution in [0.5, 0.6) is 11.5 Å². The molecule has 2 heterocycles. The van der Waals surface area contributed by atoms with Crippen LogP contribution in [0.15, 0.2) is 29.1 Å². The van der Waals surface area contributed by atoms with Crippen molar-refractivity contribution in [1.82, 2.24) is 15.2 Å². The first-order valence-corrected chi connectivity index (χ1v) is 9.68. The second kappa shape index (κ2) is 8.61. The number of ether oxygens (including phenoxy) is 2. The van der Waals surface area contributed by atoms with Crippen molar-refractivity contribution in [2.45, 2.75) is 32.1 Å². The molecule has 3 amide bonds. The topological polar surface area (TPSA) is 118 Å². The number of halogens is 2. The fourth-order valence-electron chi connectivity index (χ4n) is 2.72. The van der Waals surface area contributed by atoms with Gasteiger partial charge in [-0.2, -0.15) is 0 Å². The molecule has 0 saturated carbocycles. The molecule has 1 atom stereocenters. The van der Waals surface area contributed by atoms with Crippen LogP contribution in [0.2, 0.25) is 0 Å². The second-order valence-corrected chi connectivity index (χ2v) is 7.12. The molecule has 3 rings (SSSR count). The van der Waals surface area contributed by atoms with E-state index in [1.54, 1.807) is 17.8 Å². The average molecular weight is 441 g/mol. The molecular formula is C18H17F2N3O6S. The molecule has 0 radical (unpaired) electrons. The fraction of sp³-hybridized carbons (Fsp3) is 0.333. The van der Waals surface area contributed by atoms with E-state index >= 15 is 0 Å². The minimum Gasteiger partial charge on any atom is -0.480 e. The van der Waals surface area contributed by atoms with Crippen LogP contribution in [0.1, 0.15) is 30.6 Å². The van der Waals surface area contributed by atoms with Gasteiger partial charge < -0.3 is 19.9 Å². The van der Waals surface area contributed by atoms with E-state index in [2.05, 4.69) is 19.8 Å². The lowest BCUT2D eigenvalue weighted by atomic mass is 10.1. The number of amides is 3. The third-order valence-electron chi connectivity index (χ3n) is 4.18. The van der Waals surface area contributed by atoms with Crippen molar-refractivity contribution in [2.75, 3.05) is 6.54 Å². The summed E-state index contributed by atoms with van der Waals surface area (Å²) in [5, 5.41) is 13.3. The van der Waals surface area contributed by atoms with Gasteiger partial charge in [0.25, 0.3) is 0 Å². The number of carbonyl (C=O) groups excluding carboxylic acids is 2. The van der Waals surface area contributed by atoms with Crippen LogP contribution in [0.4, 0.5) is 13.6 Å². The van der Waals surface area contributed by atoms with Gasteiger partial charge in [0.15, 0.2) is 11.5 Å². The molecule has 12 heteroatoms. The molecule has 1 aromatic heterocycles. The lowest BCUT2D eigenvalue weighted by molar-refractivity contribution is -0.286. The van der Waals surface area contributed by atoms with Gasteiger partial charge >= 0.3 is 18.3 Å². The van der Waals surface area contributed by atoms with E-state index < -0.39 is 36.8 Å². The molecule has 9 nitrogen and oxygen atoms in total. The number of urea groups is 1. The number of carbonyl (C=O) groups is 3. The van der Waals surface area contributed by atoms with Gasteiger partial charge in [-0.05, 0) is 31.0 Å². The number of hydrogen-bond donors (Lipinski definition) is 2. The van der Waals surface area contributed by atoms with E-state index in [1.807, 2.05) is 0 Å². The lowest BCUT2D eigenvalue weighted by Gasteiger charge is -2.22.